The van der Waals surface area contributed by atoms with E-state index in [9.17, 15) is 4.79 Å². The van der Waals surface area contributed by atoms with Crippen molar-refractivity contribution in [2.24, 2.45) is 0 Å². The van der Waals surface area contributed by atoms with Crippen molar-refractivity contribution in [3.05, 3.63) is 59.9 Å². The van der Waals surface area contributed by atoms with Crippen LogP contribution in [-0.4, -0.2) is 17.4 Å². The molecule has 0 radical (unpaired) electrons. The number of pyridine rings is 1. The molecule has 0 aliphatic rings. The number of nitrogens with zero attached hydrogens (tertiary/aromatic N) is 2. The first-order valence-corrected chi connectivity index (χ1v) is 6.18. The first kappa shape index (κ1) is 13.6. The highest BCUT2D eigenvalue weighted by molar-refractivity contribution is 5.81. The first-order chi connectivity index (χ1) is 9.79. The van der Waals surface area contributed by atoms with Crippen LogP contribution in [0.5, 0.6) is 0 Å². The number of anilines is 1. The fourth-order valence-corrected chi connectivity index (χ4v) is 1.67. The average molecular weight is 266 g/mol. The van der Waals surface area contributed by atoms with Crippen molar-refractivity contribution in [1.82, 2.24) is 10.3 Å². The van der Waals surface area contributed by atoms with E-state index in [2.05, 4.69) is 21.7 Å². The molecule has 1 aromatic carbocycles. The average Bonchev–Trinajstić information content (AvgIpc) is 2.52. The number of carbonyl (C=O) groups is 1. The lowest BCUT2D eigenvalue weighted by Crippen LogP contribution is -2.29. The molecule has 5 heteroatoms. The van der Waals surface area contributed by atoms with E-state index in [-0.39, 0.29) is 12.5 Å². The number of benzene rings is 1. The summed E-state index contributed by atoms with van der Waals surface area (Å²) in [4.78, 5) is 15.6. The largest absolute Gasteiger partial charge is 0.375 e. The molecule has 0 atom stereocenters. The number of para-hydroxylation sites is 1. The van der Waals surface area contributed by atoms with Gasteiger partial charge in [-0.1, -0.05) is 12.1 Å². The topological polar surface area (TPSA) is 77.8 Å². The molecule has 0 aliphatic heterocycles. The molecule has 2 N–H and O–H groups in total. The van der Waals surface area contributed by atoms with Gasteiger partial charge >= 0.3 is 0 Å². The van der Waals surface area contributed by atoms with Crippen LogP contribution in [0.3, 0.4) is 0 Å². The van der Waals surface area contributed by atoms with E-state index < -0.39 is 0 Å². The molecule has 0 fully saturated rings. The van der Waals surface area contributed by atoms with Crippen molar-refractivity contribution in [1.29, 1.82) is 5.26 Å². The minimum absolute atomic E-state index is 0.129. The smallest absolute Gasteiger partial charge is 0.239 e. The molecule has 100 valence electrons. The number of rotatable bonds is 5. The van der Waals surface area contributed by atoms with Crippen LogP contribution in [0.15, 0.2) is 48.8 Å². The van der Waals surface area contributed by atoms with Crippen LogP contribution in [0.2, 0.25) is 0 Å². The van der Waals surface area contributed by atoms with Crippen molar-refractivity contribution in [3.8, 4) is 6.07 Å². The quantitative estimate of drug-likeness (QED) is 0.863. The first-order valence-electron chi connectivity index (χ1n) is 6.18. The van der Waals surface area contributed by atoms with Gasteiger partial charge in [-0.15, -0.1) is 0 Å². The molecular weight excluding hydrogens is 252 g/mol. The molecule has 0 saturated carbocycles. The Kier molecular flexibility index (Phi) is 4.68. The molecule has 1 heterocycles. The third kappa shape index (κ3) is 3.82. The van der Waals surface area contributed by atoms with Crippen molar-refractivity contribution in [3.63, 3.8) is 0 Å². The van der Waals surface area contributed by atoms with Crippen molar-refractivity contribution in [2.75, 3.05) is 11.9 Å². The zero-order valence-electron chi connectivity index (χ0n) is 10.8. The molecule has 0 bridgehead atoms. The Morgan fingerprint density at radius 3 is 2.70 bits per heavy atom. The molecular formula is C15H14N4O. The third-order valence-electron chi connectivity index (χ3n) is 2.73. The van der Waals surface area contributed by atoms with E-state index in [1.165, 1.54) is 0 Å². The third-order valence-corrected chi connectivity index (χ3v) is 2.73. The maximum absolute atomic E-state index is 11.7. The predicted molar refractivity (Wildman–Crippen MR) is 75.7 cm³/mol. The highest BCUT2D eigenvalue weighted by Gasteiger charge is 2.04. The summed E-state index contributed by atoms with van der Waals surface area (Å²) >= 11 is 0. The molecule has 1 aromatic heterocycles. The van der Waals surface area contributed by atoms with E-state index >= 15 is 0 Å². The van der Waals surface area contributed by atoms with Gasteiger partial charge in [0.2, 0.25) is 5.91 Å². The van der Waals surface area contributed by atoms with Gasteiger partial charge in [-0.05, 0) is 29.8 Å². The SMILES string of the molecule is N#Cc1ccccc1NCC(=O)NCc1ccncc1. The van der Waals surface area contributed by atoms with E-state index in [0.717, 1.165) is 5.56 Å². The summed E-state index contributed by atoms with van der Waals surface area (Å²) in [6, 6.07) is 12.8. The number of carbonyl (C=O) groups excluding carboxylic acids is 1. The van der Waals surface area contributed by atoms with Gasteiger partial charge in [-0.3, -0.25) is 9.78 Å². The highest BCUT2D eigenvalue weighted by atomic mass is 16.1. The molecule has 0 aliphatic carbocycles. The van der Waals surface area contributed by atoms with Crippen LogP contribution in [0.4, 0.5) is 5.69 Å². The molecule has 0 spiro atoms. The van der Waals surface area contributed by atoms with Crippen LogP contribution in [-0.2, 0) is 11.3 Å². The lowest BCUT2D eigenvalue weighted by Gasteiger charge is -2.08. The zero-order chi connectivity index (χ0) is 14.2. The lowest BCUT2D eigenvalue weighted by molar-refractivity contribution is -0.119. The number of nitriles is 1. The molecule has 2 aromatic rings. The molecule has 0 unspecified atom stereocenters. The fraction of sp³-hybridized carbons (Fsp3) is 0.133. The summed E-state index contributed by atoms with van der Waals surface area (Å²) in [5.41, 5.74) is 2.18. The van der Waals surface area contributed by atoms with E-state index in [1.54, 1.807) is 30.6 Å². The van der Waals surface area contributed by atoms with E-state index in [4.69, 9.17) is 5.26 Å². The monoisotopic (exact) mass is 266 g/mol. The zero-order valence-corrected chi connectivity index (χ0v) is 10.8. The Labute approximate surface area is 117 Å². The van der Waals surface area contributed by atoms with Gasteiger partial charge in [-0.25, -0.2) is 0 Å². The summed E-state index contributed by atoms with van der Waals surface area (Å²) in [6.45, 7) is 0.590. The maximum atomic E-state index is 11.7. The lowest BCUT2D eigenvalue weighted by atomic mass is 10.2. The number of nitrogens with one attached hydrogen (secondary N) is 2. The number of hydrogen-bond acceptors (Lipinski definition) is 4. The Bertz CT molecular complexity index is 619. The Hall–Kier alpha value is -2.87. The Morgan fingerprint density at radius 1 is 1.20 bits per heavy atom. The molecule has 20 heavy (non-hydrogen) atoms. The minimum atomic E-state index is -0.130. The summed E-state index contributed by atoms with van der Waals surface area (Å²) in [5.74, 6) is -0.130. The Balaban J connectivity index is 1.82. The second kappa shape index (κ2) is 6.90. The molecule has 5 nitrogen and oxygen atoms in total. The van der Waals surface area contributed by atoms with Gasteiger partial charge in [0, 0.05) is 18.9 Å². The van der Waals surface area contributed by atoms with E-state index in [1.807, 2.05) is 18.2 Å². The van der Waals surface area contributed by atoms with Gasteiger partial charge in [0.15, 0.2) is 0 Å². The minimum Gasteiger partial charge on any atom is -0.375 e. The summed E-state index contributed by atoms with van der Waals surface area (Å²) in [7, 11) is 0. The second-order valence-corrected chi connectivity index (χ2v) is 4.14. The van der Waals surface area contributed by atoms with Gasteiger partial charge in [-0.2, -0.15) is 5.26 Å². The number of aromatic nitrogens is 1. The molecule has 0 saturated heterocycles. The molecule has 2 rings (SSSR count). The molecule has 1 amide bonds. The van der Waals surface area contributed by atoms with E-state index in [0.29, 0.717) is 17.8 Å². The Morgan fingerprint density at radius 2 is 1.95 bits per heavy atom. The normalized spacial score (nSPS) is 9.55. The van der Waals surface area contributed by atoms with Gasteiger partial charge in [0.1, 0.15) is 6.07 Å². The van der Waals surface area contributed by atoms with Crippen LogP contribution < -0.4 is 10.6 Å². The van der Waals surface area contributed by atoms with Crippen LogP contribution in [0.25, 0.3) is 0 Å². The number of amides is 1. The summed E-state index contributed by atoms with van der Waals surface area (Å²) in [6.07, 6.45) is 3.37. The van der Waals surface area contributed by atoms with Gasteiger partial charge in [0.25, 0.3) is 0 Å². The van der Waals surface area contributed by atoms with Crippen LogP contribution >= 0.6 is 0 Å². The van der Waals surface area contributed by atoms with Crippen LogP contribution in [0.1, 0.15) is 11.1 Å². The van der Waals surface area contributed by atoms with Crippen molar-refractivity contribution in [2.45, 2.75) is 6.54 Å². The maximum Gasteiger partial charge on any atom is 0.239 e. The highest BCUT2D eigenvalue weighted by Crippen LogP contribution is 2.12. The van der Waals surface area contributed by atoms with Crippen molar-refractivity contribution >= 4 is 11.6 Å². The predicted octanol–water partition coefficient (Wildman–Crippen LogP) is 1.68. The van der Waals surface area contributed by atoms with Crippen LogP contribution in [0, 0.1) is 11.3 Å². The second-order valence-electron chi connectivity index (χ2n) is 4.14. The summed E-state index contributed by atoms with van der Waals surface area (Å²) < 4.78 is 0. The van der Waals surface area contributed by atoms with Crippen molar-refractivity contribution < 1.29 is 4.79 Å². The van der Waals surface area contributed by atoms with Gasteiger partial charge < -0.3 is 10.6 Å². The summed E-state index contributed by atoms with van der Waals surface area (Å²) in [5, 5.41) is 14.7. The fourth-order valence-electron chi connectivity index (χ4n) is 1.67. The standard InChI is InChI=1S/C15H14N4O/c16-9-13-3-1-2-4-14(13)18-11-15(20)19-10-12-5-7-17-8-6-12/h1-8,18H,10-11H2,(H,19,20). The van der Waals surface area contributed by atoms with Gasteiger partial charge in [0.05, 0.1) is 17.8 Å². The number of hydrogen-bond donors (Lipinski definition) is 2.